The number of carbonyl (C=O) groups is 1. The first kappa shape index (κ1) is 16.3. The molecule has 0 spiro atoms. The van der Waals surface area contributed by atoms with E-state index in [4.69, 9.17) is 4.74 Å². The molecule has 0 heterocycles. The van der Waals surface area contributed by atoms with Crippen molar-refractivity contribution >= 4 is 11.6 Å². The first-order chi connectivity index (χ1) is 9.61. The van der Waals surface area contributed by atoms with Crippen molar-refractivity contribution in [1.29, 1.82) is 0 Å². The molecule has 0 aliphatic rings. The van der Waals surface area contributed by atoms with Crippen LogP contribution in [0.4, 0.5) is 5.69 Å². The van der Waals surface area contributed by atoms with Gasteiger partial charge < -0.3 is 15.4 Å². The van der Waals surface area contributed by atoms with Gasteiger partial charge in [-0.15, -0.1) is 0 Å². The fraction of sp³-hybridized carbons (Fsp3) is 0.562. The lowest BCUT2D eigenvalue weighted by Gasteiger charge is -2.11. The molecule has 0 aliphatic heterocycles. The molecule has 0 atom stereocenters. The lowest BCUT2D eigenvalue weighted by atomic mass is 10.2. The standard InChI is InChI=1S/C16H26N2O2/c1-4-5-6-11-17-16(19)12-18-14-7-9-15(10-8-14)20-13(2)3/h7-10,13,18H,4-6,11-12H2,1-3H3,(H,17,19). The Labute approximate surface area is 121 Å². The van der Waals surface area contributed by atoms with Crippen LogP contribution in [0.3, 0.4) is 0 Å². The molecule has 1 rings (SSSR count). The predicted octanol–water partition coefficient (Wildman–Crippen LogP) is 3.19. The van der Waals surface area contributed by atoms with E-state index in [2.05, 4.69) is 17.6 Å². The van der Waals surface area contributed by atoms with Crippen molar-refractivity contribution in [3.05, 3.63) is 24.3 Å². The molecule has 0 aliphatic carbocycles. The zero-order valence-corrected chi connectivity index (χ0v) is 12.7. The fourth-order valence-electron chi connectivity index (χ4n) is 1.77. The molecule has 4 nitrogen and oxygen atoms in total. The van der Waals surface area contributed by atoms with E-state index >= 15 is 0 Å². The minimum absolute atomic E-state index is 0.0311. The molecule has 1 amide bonds. The summed E-state index contributed by atoms with van der Waals surface area (Å²) in [6.45, 7) is 7.20. The number of hydrogen-bond donors (Lipinski definition) is 2. The first-order valence-electron chi connectivity index (χ1n) is 7.39. The van der Waals surface area contributed by atoms with E-state index in [1.807, 2.05) is 38.1 Å². The van der Waals surface area contributed by atoms with Crippen LogP contribution in [-0.4, -0.2) is 25.1 Å². The Morgan fingerprint density at radius 3 is 2.50 bits per heavy atom. The second-order valence-corrected chi connectivity index (χ2v) is 5.10. The summed E-state index contributed by atoms with van der Waals surface area (Å²) in [7, 11) is 0. The zero-order chi connectivity index (χ0) is 14.8. The van der Waals surface area contributed by atoms with E-state index in [-0.39, 0.29) is 12.0 Å². The summed E-state index contributed by atoms with van der Waals surface area (Å²) in [4.78, 5) is 11.6. The van der Waals surface area contributed by atoms with Gasteiger partial charge in [-0.25, -0.2) is 0 Å². The number of carbonyl (C=O) groups excluding carboxylic acids is 1. The van der Waals surface area contributed by atoms with Gasteiger partial charge in [0, 0.05) is 12.2 Å². The second-order valence-electron chi connectivity index (χ2n) is 5.10. The number of rotatable bonds is 9. The molecule has 2 N–H and O–H groups in total. The molecule has 0 aromatic heterocycles. The fourth-order valence-corrected chi connectivity index (χ4v) is 1.77. The Bertz CT molecular complexity index is 388. The van der Waals surface area contributed by atoms with Crippen LogP contribution >= 0.6 is 0 Å². The van der Waals surface area contributed by atoms with E-state index in [1.54, 1.807) is 0 Å². The van der Waals surface area contributed by atoms with Crippen LogP contribution in [-0.2, 0) is 4.79 Å². The number of nitrogens with one attached hydrogen (secondary N) is 2. The number of ether oxygens (including phenoxy) is 1. The van der Waals surface area contributed by atoms with Gasteiger partial charge in [-0.05, 0) is 44.5 Å². The molecule has 0 bridgehead atoms. The normalized spacial score (nSPS) is 10.4. The molecular formula is C16H26N2O2. The molecular weight excluding hydrogens is 252 g/mol. The van der Waals surface area contributed by atoms with Gasteiger partial charge in [0.1, 0.15) is 5.75 Å². The van der Waals surface area contributed by atoms with Crippen molar-refractivity contribution in [2.75, 3.05) is 18.4 Å². The Balaban J connectivity index is 2.25. The van der Waals surface area contributed by atoms with Gasteiger partial charge in [-0.2, -0.15) is 0 Å². The monoisotopic (exact) mass is 278 g/mol. The highest BCUT2D eigenvalue weighted by molar-refractivity contribution is 5.80. The smallest absolute Gasteiger partial charge is 0.239 e. The molecule has 1 aromatic rings. The second kappa shape index (κ2) is 9.23. The van der Waals surface area contributed by atoms with Gasteiger partial charge in [0.05, 0.1) is 12.6 Å². The van der Waals surface area contributed by atoms with Crippen LogP contribution in [0.2, 0.25) is 0 Å². The summed E-state index contributed by atoms with van der Waals surface area (Å²) in [6, 6.07) is 7.65. The molecule has 0 radical (unpaired) electrons. The molecule has 1 aromatic carbocycles. The Kier molecular flexibility index (Phi) is 7.55. The third-order valence-electron chi connectivity index (χ3n) is 2.78. The maximum atomic E-state index is 11.6. The zero-order valence-electron chi connectivity index (χ0n) is 12.7. The minimum Gasteiger partial charge on any atom is -0.491 e. The molecule has 0 fully saturated rings. The first-order valence-corrected chi connectivity index (χ1v) is 7.39. The predicted molar refractivity (Wildman–Crippen MR) is 83.2 cm³/mol. The van der Waals surface area contributed by atoms with Gasteiger partial charge in [-0.1, -0.05) is 19.8 Å². The van der Waals surface area contributed by atoms with E-state index < -0.39 is 0 Å². The quantitative estimate of drug-likeness (QED) is 0.682. The van der Waals surface area contributed by atoms with Crippen LogP contribution in [0.25, 0.3) is 0 Å². The Hall–Kier alpha value is -1.71. The van der Waals surface area contributed by atoms with Gasteiger partial charge in [0.25, 0.3) is 0 Å². The number of benzene rings is 1. The van der Waals surface area contributed by atoms with Gasteiger partial charge in [0.2, 0.25) is 5.91 Å². The van der Waals surface area contributed by atoms with Gasteiger partial charge in [0.15, 0.2) is 0 Å². The van der Waals surface area contributed by atoms with E-state index in [9.17, 15) is 4.79 Å². The average Bonchev–Trinajstić information content (AvgIpc) is 2.42. The molecule has 112 valence electrons. The van der Waals surface area contributed by atoms with Gasteiger partial charge in [-0.3, -0.25) is 4.79 Å². The molecule has 0 unspecified atom stereocenters. The van der Waals surface area contributed by atoms with Crippen LogP contribution in [0.1, 0.15) is 40.0 Å². The third kappa shape index (κ3) is 7.02. The number of hydrogen-bond acceptors (Lipinski definition) is 3. The molecule has 20 heavy (non-hydrogen) atoms. The molecule has 4 heteroatoms. The van der Waals surface area contributed by atoms with Crippen molar-refractivity contribution < 1.29 is 9.53 Å². The summed E-state index contributed by atoms with van der Waals surface area (Å²) in [6.07, 6.45) is 3.54. The number of amides is 1. The maximum absolute atomic E-state index is 11.6. The summed E-state index contributed by atoms with van der Waals surface area (Å²) in [5.41, 5.74) is 0.921. The topological polar surface area (TPSA) is 50.4 Å². The SMILES string of the molecule is CCCCCNC(=O)CNc1ccc(OC(C)C)cc1. The molecule has 0 saturated heterocycles. The van der Waals surface area contributed by atoms with Crippen molar-refractivity contribution in [3.8, 4) is 5.75 Å². The minimum atomic E-state index is 0.0311. The van der Waals surface area contributed by atoms with Crippen LogP contribution in [0, 0.1) is 0 Å². The largest absolute Gasteiger partial charge is 0.491 e. The van der Waals surface area contributed by atoms with Crippen molar-refractivity contribution in [2.24, 2.45) is 0 Å². The van der Waals surface area contributed by atoms with E-state index in [0.717, 1.165) is 30.8 Å². The summed E-state index contributed by atoms with van der Waals surface area (Å²) in [5, 5.41) is 6.00. The summed E-state index contributed by atoms with van der Waals surface area (Å²) < 4.78 is 5.56. The highest BCUT2D eigenvalue weighted by Crippen LogP contribution is 2.16. The van der Waals surface area contributed by atoms with Crippen molar-refractivity contribution in [3.63, 3.8) is 0 Å². The van der Waals surface area contributed by atoms with Crippen molar-refractivity contribution in [2.45, 2.75) is 46.1 Å². The average molecular weight is 278 g/mol. The summed E-state index contributed by atoms with van der Waals surface area (Å²) in [5.74, 6) is 0.873. The lowest BCUT2D eigenvalue weighted by Crippen LogP contribution is -2.30. The van der Waals surface area contributed by atoms with Gasteiger partial charge >= 0.3 is 0 Å². The third-order valence-corrected chi connectivity index (χ3v) is 2.78. The van der Waals surface area contributed by atoms with E-state index in [0.29, 0.717) is 6.54 Å². The number of unbranched alkanes of at least 4 members (excludes halogenated alkanes) is 2. The highest BCUT2D eigenvalue weighted by atomic mass is 16.5. The Morgan fingerprint density at radius 1 is 1.20 bits per heavy atom. The van der Waals surface area contributed by atoms with Crippen LogP contribution < -0.4 is 15.4 Å². The highest BCUT2D eigenvalue weighted by Gasteiger charge is 2.01. The maximum Gasteiger partial charge on any atom is 0.239 e. The van der Waals surface area contributed by atoms with E-state index in [1.165, 1.54) is 6.42 Å². The molecule has 0 saturated carbocycles. The van der Waals surface area contributed by atoms with Crippen LogP contribution in [0.5, 0.6) is 5.75 Å². The van der Waals surface area contributed by atoms with Crippen LogP contribution in [0.15, 0.2) is 24.3 Å². The number of anilines is 1. The lowest BCUT2D eigenvalue weighted by molar-refractivity contribution is -0.119. The summed E-state index contributed by atoms with van der Waals surface area (Å²) >= 11 is 0. The Morgan fingerprint density at radius 2 is 1.90 bits per heavy atom. The van der Waals surface area contributed by atoms with Crippen molar-refractivity contribution in [1.82, 2.24) is 5.32 Å².